The molecule has 1 aliphatic rings. The molecule has 1 aromatic rings. The lowest BCUT2D eigenvalue weighted by atomic mass is 10.0. The van der Waals surface area contributed by atoms with Gasteiger partial charge < -0.3 is 10.2 Å². The number of nitrogens with zero attached hydrogens (tertiary/aromatic N) is 5. The average Bonchev–Trinajstić information content (AvgIpc) is 3.14. The Hall–Kier alpha value is -2.40. The minimum Gasteiger partial charge on any atom is -0.354 e. The minimum atomic E-state index is -0.236. The monoisotopic (exact) mass is 346 g/mol. The van der Waals surface area contributed by atoms with Crippen LogP contribution in [0.1, 0.15) is 42.7 Å². The first-order valence-corrected chi connectivity index (χ1v) is 8.61. The predicted molar refractivity (Wildman–Crippen MR) is 92.8 cm³/mol. The fourth-order valence-electron chi connectivity index (χ4n) is 3.14. The van der Waals surface area contributed by atoms with Gasteiger partial charge in [-0.1, -0.05) is 0 Å². The smallest absolute Gasteiger partial charge is 0.271 e. The Morgan fingerprint density at radius 1 is 1.56 bits per heavy atom. The Morgan fingerprint density at radius 2 is 2.32 bits per heavy atom. The Balaban J connectivity index is 2.00. The van der Waals surface area contributed by atoms with Crippen molar-refractivity contribution in [2.24, 2.45) is 0 Å². The molecular weight excluding hydrogens is 320 g/mol. The Kier molecular flexibility index (Phi) is 6.53. The van der Waals surface area contributed by atoms with E-state index in [2.05, 4.69) is 21.4 Å². The summed E-state index contributed by atoms with van der Waals surface area (Å²) >= 11 is 0. The van der Waals surface area contributed by atoms with Gasteiger partial charge in [0.25, 0.3) is 5.91 Å². The summed E-state index contributed by atoms with van der Waals surface area (Å²) in [5, 5.41) is 15.6. The summed E-state index contributed by atoms with van der Waals surface area (Å²) in [4.78, 5) is 28.0. The Morgan fingerprint density at radius 3 is 3.00 bits per heavy atom. The van der Waals surface area contributed by atoms with Crippen molar-refractivity contribution in [2.45, 2.75) is 38.3 Å². The van der Waals surface area contributed by atoms with Crippen LogP contribution >= 0.6 is 0 Å². The number of hydrogen-bond acceptors (Lipinski definition) is 5. The number of likely N-dealkylation sites (N-methyl/N-ethyl adjacent to an activating group) is 1. The summed E-state index contributed by atoms with van der Waals surface area (Å²) < 4.78 is 1.83. The maximum atomic E-state index is 12.5. The molecule has 25 heavy (non-hydrogen) atoms. The quantitative estimate of drug-likeness (QED) is 0.816. The van der Waals surface area contributed by atoms with E-state index < -0.39 is 0 Å². The summed E-state index contributed by atoms with van der Waals surface area (Å²) in [5.41, 5.74) is 0.403. The molecule has 1 aromatic heterocycles. The van der Waals surface area contributed by atoms with Crippen molar-refractivity contribution in [1.82, 2.24) is 24.9 Å². The summed E-state index contributed by atoms with van der Waals surface area (Å²) in [5.74, 6) is -0.170. The Labute approximate surface area is 148 Å². The van der Waals surface area contributed by atoms with E-state index >= 15 is 0 Å². The maximum Gasteiger partial charge on any atom is 0.271 e. The second-order valence-corrected chi connectivity index (χ2v) is 6.39. The van der Waals surface area contributed by atoms with Gasteiger partial charge in [0.1, 0.15) is 5.69 Å². The van der Waals surface area contributed by atoms with Crippen molar-refractivity contribution in [3.63, 3.8) is 0 Å². The number of nitrogens with one attached hydrogen (secondary N) is 1. The van der Waals surface area contributed by atoms with Gasteiger partial charge in [-0.15, -0.1) is 0 Å². The molecule has 0 spiro atoms. The van der Waals surface area contributed by atoms with Gasteiger partial charge in [0.05, 0.1) is 24.6 Å². The third-order valence-electron chi connectivity index (χ3n) is 4.71. The van der Waals surface area contributed by atoms with Crippen LogP contribution in [0.4, 0.5) is 0 Å². The summed E-state index contributed by atoms with van der Waals surface area (Å²) in [7, 11) is 3.32. The van der Waals surface area contributed by atoms with Crippen LogP contribution in [-0.4, -0.2) is 71.2 Å². The number of carbonyl (C=O) groups is 2. The standard InChI is InChI=1S/C17H26N6O2/c1-13(17(25)21(3)9-5-8-18)22-10-4-6-14(12-22)23-11-7-15(20-23)16(24)19-2/h7,11,13-14H,4-6,9-10,12H2,1-3H3,(H,19,24)/t13-,14+/m0/s1. The number of piperidine rings is 1. The van der Waals surface area contributed by atoms with Crippen molar-refractivity contribution >= 4 is 11.8 Å². The van der Waals surface area contributed by atoms with Crippen LogP contribution in [0.25, 0.3) is 0 Å². The molecule has 2 atom stereocenters. The van der Waals surface area contributed by atoms with Crippen molar-refractivity contribution in [1.29, 1.82) is 5.26 Å². The fraction of sp³-hybridized carbons (Fsp3) is 0.647. The predicted octanol–water partition coefficient (Wildman–Crippen LogP) is 0.640. The van der Waals surface area contributed by atoms with Gasteiger partial charge >= 0.3 is 0 Å². The lowest BCUT2D eigenvalue weighted by molar-refractivity contribution is -0.135. The zero-order chi connectivity index (χ0) is 18.4. The number of rotatable bonds is 6. The highest BCUT2D eigenvalue weighted by atomic mass is 16.2. The fourth-order valence-corrected chi connectivity index (χ4v) is 3.14. The Bertz CT molecular complexity index is 650. The molecular formula is C17H26N6O2. The highest BCUT2D eigenvalue weighted by molar-refractivity contribution is 5.91. The van der Waals surface area contributed by atoms with Gasteiger partial charge in [0, 0.05) is 33.4 Å². The first kappa shape index (κ1) is 18.9. The van der Waals surface area contributed by atoms with Gasteiger partial charge in [-0.25, -0.2) is 0 Å². The second kappa shape index (κ2) is 8.62. The molecule has 8 heteroatoms. The van der Waals surface area contributed by atoms with Crippen LogP contribution in [0, 0.1) is 11.3 Å². The molecule has 0 unspecified atom stereocenters. The van der Waals surface area contributed by atoms with Crippen molar-refractivity contribution in [3.05, 3.63) is 18.0 Å². The van der Waals surface area contributed by atoms with Gasteiger partial charge in [-0.2, -0.15) is 10.4 Å². The maximum absolute atomic E-state index is 12.5. The van der Waals surface area contributed by atoms with Crippen molar-refractivity contribution in [2.75, 3.05) is 33.7 Å². The summed E-state index contributed by atoms with van der Waals surface area (Å²) in [6.45, 7) is 3.94. The molecule has 136 valence electrons. The number of hydrogen-bond donors (Lipinski definition) is 1. The molecule has 0 aliphatic carbocycles. The van der Waals surface area contributed by atoms with Gasteiger partial charge in [-0.05, 0) is 32.4 Å². The highest BCUT2D eigenvalue weighted by Gasteiger charge is 2.30. The highest BCUT2D eigenvalue weighted by Crippen LogP contribution is 2.23. The van der Waals surface area contributed by atoms with E-state index in [4.69, 9.17) is 5.26 Å². The first-order chi connectivity index (χ1) is 12.0. The van der Waals surface area contributed by atoms with E-state index in [0.29, 0.717) is 25.2 Å². The number of amides is 2. The van der Waals surface area contributed by atoms with Gasteiger partial charge in [0.15, 0.2) is 0 Å². The second-order valence-electron chi connectivity index (χ2n) is 6.39. The average molecular weight is 346 g/mol. The lowest BCUT2D eigenvalue weighted by Crippen LogP contribution is -2.50. The third-order valence-corrected chi connectivity index (χ3v) is 4.71. The van der Waals surface area contributed by atoms with Gasteiger partial charge in [-0.3, -0.25) is 19.2 Å². The van der Waals surface area contributed by atoms with E-state index in [0.717, 1.165) is 19.4 Å². The summed E-state index contributed by atoms with van der Waals surface area (Å²) in [6, 6.07) is 3.68. The topological polar surface area (TPSA) is 94.3 Å². The van der Waals surface area contributed by atoms with E-state index in [9.17, 15) is 9.59 Å². The van der Waals surface area contributed by atoms with Gasteiger partial charge in [0.2, 0.25) is 5.91 Å². The molecule has 1 fully saturated rings. The van der Waals surface area contributed by atoms with Crippen LogP contribution in [0.5, 0.6) is 0 Å². The van der Waals surface area contributed by atoms with Crippen molar-refractivity contribution in [3.8, 4) is 6.07 Å². The van der Waals surface area contributed by atoms with Crippen LogP contribution in [0.2, 0.25) is 0 Å². The molecule has 2 heterocycles. The zero-order valence-electron chi connectivity index (χ0n) is 15.1. The van der Waals surface area contributed by atoms with Crippen molar-refractivity contribution < 1.29 is 9.59 Å². The van der Waals surface area contributed by atoms with Crippen LogP contribution < -0.4 is 5.32 Å². The SMILES string of the molecule is CNC(=O)c1ccn([C@@H]2CCCN([C@@H](C)C(=O)N(C)CCC#N)C2)n1. The van der Waals surface area contributed by atoms with E-state index in [1.54, 1.807) is 25.1 Å². The van der Waals surface area contributed by atoms with E-state index in [1.165, 1.54) is 0 Å². The number of nitriles is 1. The number of carbonyl (C=O) groups excluding carboxylic acids is 2. The molecule has 0 saturated carbocycles. The van der Waals surface area contributed by atoms with Crippen LogP contribution in [0.3, 0.4) is 0 Å². The molecule has 2 amide bonds. The summed E-state index contributed by atoms with van der Waals surface area (Å²) in [6.07, 6.45) is 4.10. The van der Waals surface area contributed by atoms with Crippen LogP contribution in [0.15, 0.2) is 12.3 Å². The molecule has 1 N–H and O–H groups in total. The minimum absolute atomic E-state index is 0.0300. The van der Waals surface area contributed by atoms with E-state index in [-0.39, 0.29) is 23.9 Å². The largest absolute Gasteiger partial charge is 0.354 e. The molecule has 1 saturated heterocycles. The third kappa shape index (κ3) is 4.57. The normalized spacial score (nSPS) is 19.0. The lowest BCUT2D eigenvalue weighted by Gasteiger charge is -2.37. The number of aromatic nitrogens is 2. The molecule has 8 nitrogen and oxygen atoms in total. The molecule has 0 bridgehead atoms. The molecule has 2 rings (SSSR count). The molecule has 1 aliphatic heterocycles. The zero-order valence-corrected chi connectivity index (χ0v) is 15.1. The van der Waals surface area contributed by atoms with E-state index in [1.807, 2.05) is 17.8 Å². The molecule has 0 aromatic carbocycles. The van der Waals surface area contributed by atoms with Crippen LogP contribution in [-0.2, 0) is 4.79 Å². The first-order valence-electron chi connectivity index (χ1n) is 8.61. The number of likely N-dealkylation sites (tertiary alicyclic amines) is 1. The molecule has 0 radical (unpaired) electrons.